The molecule has 1 heterocycles. The highest BCUT2D eigenvalue weighted by Crippen LogP contribution is 2.30. The van der Waals surface area contributed by atoms with Gasteiger partial charge in [-0.2, -0.15) is 0 Å². The van der Waals surface area contributed by atoms with Gasteiger partial charge in [0.2, 0.25) is 16.0 Å². The summed E-state index contributed by atoms with van der Waals surface area (Å²) >= 11 is 0. The van der Waals surface area contributed by atoms with Crippen LogP contribution in [0.2, 0.25) is 0 Å². The van der Waals surface area contributed by atoms with E-state index in [0.29, 0.717) is 37.2 Å². The van der Waals surface area contributed by atoms with Gasteiger partial charge in [0.05, 0.1) is 18.1 Å². The third kappa shape index (κ3) is 5.57. The second-order valence-corrected chi connectivity index (χ2v) is 6.64. The second-order valence-electron chi connectivity index (χ2n) is 4.87. The van der Waals surface area contributed by atoms with Gasteiger partial charge >= 0.3 is 0 Å². The number of hydrogen-bond donors (Lipinski definition) is 2. The highest BCUT2D eigenvalue weighted by molar-refractivity contribution is 7.89. The third-order valence-corrected chi connectivity index (χ3v) is 4.55. The lowest BCUT2D eigenvalue weighted by molar-refractivity contribution is 0.287. The molecule has 136 valence electrons. The summed E-state index contributed by atoms with van der Waals surface area (Å²) in [5.74, 6) is 1.37. The SMILES string of the molecule is CCOc1ccc(S(=O)(=O)NCCNc2ncccn2)cc1OCC. The molecule has 0 saturated carbocycles. The number of aromatic nitrogens is 2. The lowest BCUT2D eigenvalue weighted by Crippen LogP contribution is -2.29. The van der Waals surface area contributed by atoms with Crippen molar-refractivity contribution in [2.45, 2.75) is 18.7 Å². The molecular weight excluding hydrogens is 344 g/mol. The van der Waals surface area contributed by atoms with Crippen LogP contribution in [0, 0.1) is 0 Å². The summed E-state index contributed by atoms with van der Waals surface area (Å²) in [6.45, 7) is 5.11. The van der Waals surface area contributed by atoms with Gasteiger partial charge in [0.1, 0.15) is 0 Å². The predicted octanol–water partition coefficient (Wildman–Crippen LogP) is 1.66. The molecule has 2 aromatic rings. The highest BCUT2D eigenvalue weighted by Gasteiger charge is 2.17. The van der Waals surface area contributed by atoms with Crippen molar-refractivity contribution in [2.24, 2.45) is 0 Å². The Hall–Kier alpha value is -2.39. The smallest absolute Gasteiger partial charge is 0.240 e. The van der Waals surface area contributed by atoms with E-state index in [9.17, 15) is 8.42 Å². The Kier molecular flexibility index (Phi) is 6.96. The van der Waals surface area contributed by atoms with E-state index in [-0.39, 0.29) is 11.4 Å². The zero-order valence-corrected chi connectivity index (χ0v) is 15.0. The van der Waals surface area contributed by atoms with Gasteiger partial charge in [0, 0.05) is 31.5 Å². The standard InChI is InChI=1S/C16H22N4O4S/c1-3-23-14-7-6-13(12-15(14)24-4-2)25(21,22)20-11-10-19-16-17-8-5-9-18-16/h5-9,12,20H,3-4,10-11H2,1-2H3,(H,17,18,19). The van der Waals surface area contributed by atoms with Crippen molar-refractivity contribution in [3.63, 3.8) is 0 Å². The van der Waals surface area contributed by atoms with Crippen LogP contribution in [0.25, 0.3) is 0 Å². The van der Waals surface area contributed by atoms with Crippen LogP contribution >= 0.6 is 0 Å². The van der Waals surface area contributed by atoms with E-state index in [0.717, 1.165) is 0 Å². The predicted molar refractivity (Wildman–Crippen MR) is 94.5 cm³/mol. The van der Waals surface area contributed by atoms with Crippen molar-refractivity contribution in [3.05, 3.63) is 36.7 Å². The molecule has 1 aromatic carbocycles. The number of rotatable bonds is 10. The third-order valence-electron chi connectivity index (χ3n) is 3.09. The first kappa shape index (κ1) is 18.9. The fraction of sp³-hybridized carbons (Fsp3) is 0.375. The minimum absolute atomic E-state index is 0.121. The first-order valence-electron chi connectivity index (χ1n) is 7.97. The van der Waals surface area contributed by atoms with Crippen molar-refractivity contribution in [3.8, 4) is 11.5 Å². The average Bonchev–Trinajstić information content (AvgIpc) is 2.61. The van der Waals surface area contributed by atoms with E-state index in [4.69, 9.17) is 9.47 Å². The van der Waals surface area contributed by atoms with Gasteiger partial charge in [-0.1, -0.05) is 0 Å². The summed E-state index contributed by atoms with van der Waals surface area (Å²) in [4.78, 5) is 8.12. The Morgan fingerprint density at radius 2 is 1.68 bits per heavy atom. The van der Waals surface area contributed by atoms with E-state index in [2.05, 4.69) is 20.0 Å². The summed E-state index contributed by atoms with van der Waals surface area (Å²) < 4.78 is 38.2. The van der Waals surface area contributed by atoms with Gasteiger partial charge < -0.3 is 14.8 Å². The van der Waals surface area contributed by atoms with E-state index in [1.165, 1.54) is 12.1 Å². The normalized spacial score (nSPS) is 11.1. The summed E-state index contributed by atoms with van der Waals surface area (Å²) in [7, 11) is -3.65. The van der Waals surface area contributed by atoms with E-state index in [1.807, 2.05) is 13.8 Å². The molecule has 1 aromatic heterocycles. The van der Waals surface area contributed by atoms with Gasteiger partial charge in [0.25, 0.3) is 0 Å². The summed E-state index contributed by atoms with van der Waals surface area (Å²) in [5, 5.41) is 2.93. The Morgan fingerprint density at radius 1 is 1.00 bits per heavy atom. The zero-order valence-electron chi connectivity index (χ0n) is 14.2. The first-order chi connectivity index (χ1) is 12.1. The molecule has 2 rings (SSSR count). The Balaban J connectivity index is 1.99. The summed E-state index contributed by atoms with van der Waals surface area (Å²) in [6.07, 6.45) is 3.21. The molecule has 0 bridgehead atoms. The lowest BCUT2D eigenvalue weighted by atomic mass is 10.3. The number of sulfonamides is 1. The van der Waals surface area contributed by atoms with Crippen molar-refractivity contribution in [1.29, 1.82) is 0 Å². The van der Waals surface area contributed by atoms with E-state index in [1.54, 1.807) is 24.5 Å². The molecule has 2 N–H and O–H groups in total. The quantitative estimate of drug-likeness (QED) is 0.617. The van der Waals surface area contributed by atoms with Crippen LogP contribution < -0.4 is 19.5 Å². The van der Waals surface area contributed by atoms with Crippen LogP contribution in [0.3, 0.4) is 0 Å². The molecule has 0 aliphatic rings. The minimum Gasteiger partial charge on any atom is -0.490 e. The number of nitrogens with zero attached hydrogens (tertiary/aromatic N) is 2. The number of hydrogen-bond acceptors (Lipinski definition) is 7. The van der Waals surface area contributed by atoms with Crippen LogP contribution in [0.1, 0.15) is 13.8 Å². The molecule has 0 atom stereocenters. The fourth-order valence-electron chi connectivity index (χ4n) is 2.03. The van der Waals surface area contributed by atoms with Crippen LogP contribution in [-0.4, -0.2) is 44.7 Å². The molecule has 0 spiro atoms. The molecule has 0 fully saturated rings. The molecular formula is C16H22N4O4S. The second kappa shape index (κ2) is 9.19. The van der Waals surface area contributed by atoms with Crippen LogP contribution in [-0.2, 0) is 10.0 Å². The number of benzene rings is 1. The molecule has 0 radical (unpaired) electrons. The van der Waals surface area contributed by atoms with E-state index < -0.39 is 10.0 Å². The van der Waals surface area contributed by atoms with E-state index >= 15 is 0 Å². The number of anilines is 1. The Bertz CT molecular complexity index is 769. The van der Waals surface area contributed by atoms with Gasteiger partial charge in [-0.15, -0.1) is 0 Å². The topological polar surface area (TPSA) is 102 Å². The van der Waals surface area contributed by atoms with Crippen molar-refractivity contribution in [1.82, 2.24) is 14.7 Å². The average molecular weight is 366 g/mol. The van der Waals surface area contributed by atoms with Crippen LogP contribution in [0.5, 0.6) is 11.5 Å². The van der Waals surface area contributed by atoms with Gasteiger partial charge in [-0.3, -0.25) is 0 Å². The van der Waals surface area contributed by atoms with Gasteiger partial charge in [0.15, 0.2) is 11.5 Å². The maximum atomic E-state index is 12.4. The van der Waals surface area contributed by atoms with Crippen molar-refractivity contribution >= 4 is 16.0 Å². The lowest BCUT2D eigenvalue weighted by Gasteiger charge is -2.13. The largest absolute Gasteiger partial charge is 0.490 e. The highest BCUT2D eigenvalue weighted by atomic mass is 32.2. The zero-order chi connectivity index (χ0) is 18.1. The molecule has 0 aliphatic carbocycles. The first-order valence-corrected chi connectivity index (χ1v) is 9.45. The Morgan fingerprint density at radius 3 is 2.36 bits per heavy atom. The maximum Gasteiger partial charge on any atom is 0.240 e. The summed E-state index contributed by atoms with van der Waals surface area (Å²) in [5.41, 5.74) is 0. The molecule has 0 unspecified atom stereocenters. The van der Waals surface area contributed by atoms with Crippen LogP contribution in [0.15, 0.2) is 41.6 Å². The molecule has 25 heavy (non-hydrogen) atoms. The fourth-order valence-corrected chi connectivity index (χ4v) is 3.08. The molecule has 8 nitrogen and oxygen atoms in total. The van der Waals surface area contributed by atoms with Crippen molar-refractivity contribution in [2.75, 3.05) is 31.6 Å². The van der Waals surface area contributed by atoms with Crippen molar-refractivity contribution < 1.29 is 17.9 Å². The van der Waals surface area contributed by atoms with Gasteiger partial charge in [-0.25, -0.2) is 23.1 Å². The number of ether oxygens (including phenoxy) is 2. The minimum atomic E-state index is -3.65. The monoisotopic (exact) mass is 366 g/mol. The summed E-state index contributed by atoms with van der Waals surface area (Å²) in [6, 6.07) is 6.25. The molecule has 0 amide bonds. The molecule has 0 saturated heterocycles. The Labute approximate surface area is 147 Å². The maximum absolute atomic E-state index is 12.4. The number of nitrogens with one attached hydrogen (secondary N) is 2. The van der Waals surface area contributed by atoms with Crippen LogP contribution in [0.4, 0.5) is 5.95 Å². The molecule has 0 aliphatic heterocycles. The van der Waals surface area contributed by atoms with Gasteiger partial charge in [-0.05, 0) is 32.0 Å². The molecule has 9 heteroatoms.